The van der Waals surface area contributed by atoms with Crippen molar-refractivity contribution in [1.82, 2.24) is 14.8 Å². The normalized spacial score (nSPS) is 12.0. The van der Waals surface area contributed by atoms with E-state index in [0.717, 1.165) is 6.07 Å². The first-order chi connectivity index (χ1) is 13.0. The number of anilines is 1. The van der Waals surface area contributed by atoms with Crippen LogP contribution in [0.5, 0.6) is 11.5 Å². The Morgan fingerprint density at radius 1 is 1.26 bits per heavy atom. The topological polar surface area (TPSA) is 121 Å². The Morgan fingerprint density at radius 2 is 2.04 bits per heavy atom. The van der Waals surface area contributed by atoms with E-state index >= 15 is 0 Å². The van der Waals surface area contributed by atoms with Gasteiger partial charge in [0.15, 0.2) is 11.5 Å². The Bertz CT molecular complexity index is 1050. The highest BCUT2D eigenvalue weighted by molar-refractivity contribution is 6.34. The SMILES string of the molecule is O=C(Nc1cc2c(cc1Cl)OCO2)c1ccc(-n2cncn2)c([N+](=O)[O-])c1. The molecule has 1 aliphatic heterocycles. The van der Waals surface area contributed by atoms with Crippen molar-refractivity contribution in [2.75, 3.05) is 12.1 Å². The summed E-state index contributed by atoms with van der Waals surface area (Å²) in [6, 6.07) is 7.08. The highest BCUT2D eigenvalue weighted by Crippen LogP contribution is 2.39. The van der Waals surface area contributed by atoms with Crippen molar-refractivity contribution in [3.05, 3.63) is 63.7 Å². The van der Waals surface area contributed by atoms with E-state index in [0.29, 0.717) is 17.2 Å². The van der Waals surface area contributed by atoms with Gasteiger partial charge in [0.2, 0.25) is 6.79 Å². The molecule has 1 N–H and O–H groups in total. The van der Waals surface area contributed by atoms with Crippen LogP contribution in [0.2, 0.25) is 5.02 Å². The molecule has 1 aromatic heterocycles. The molecular weight excluding hydrogens is 378 g/mol. The second kappa shape index (κ2) is 6.57. The molecule has 1 aliphatic rings. The molecule has 0 bridgehead atoms. The Balaban J connectivity index is 1.65. The van der Waals surface area contributed by atoms with Crippen LogP contribution in [0.25, 0.3) is 5.69 Å². The fourth-order valence-electron chi connectivity index (χ4n) is 2.54. The number of amides is 1. The molecule has 0 fully saturated rings. The molecule has 11 heteroatoms. The largest absolute Gasteiger partial charge is 0.454 e. The Kier molecular flexibility index (Phi) is 4.09. The average molecular weight is 388 g/mol. The van der Waals surface area contributed by atoms with Gasteiger partial charge in [-0.15, -0.1) is 0 Å². The molecule has 4 rings (SSSR count). The first-order valence-electron chi connectivity index (χ1n) is 7.57. The van der Waals surface area contributed by atoms with Crippen LogP contribution in [0.4, 0.5) is 11.4 Å². The van der Waals surface area contributed by atoms with Crippen molar-refractivity contribution < 1.29 is 19.2 Å². The third kappa shape index (κ3) is 3.13. The highest BCUT2D eigenvalue weighted by Gasteiger charge is 2.21. The first kappa shape index (κ1) is 16.8. The van der Waals surface area contributed by atoms with E-state index < -0.39 is 10.8 Å². The lowest BCUT2D eigenvalue weighted by molar-refractivity contribution is -0.384. The fourth-order valence-corrected chi connectivity index (χ4v) is 2.75. The molecule has 0 atom stereocenters. The maximum absolute atomic E-state index is 12.5. The smallest absolute Gasteiger partial charge is 0.295 e. The minimum atomic E-state index is -0.596. The quantitative estimate of drug-likeness (QED) is 0.539. The molecule has 27 heavy (non-hydrogen) atoms. The number of nitro groups is 1. The molecular formula is C16H10ClN5O5. The van der Waals surface area contributed by atoms with Crippen molar-refractivity contribution in [3.8, 4) is 17.2 Å². The maximum atomic E-state index is 12.5. The molecule has 10 nitrogen and oxygen atoms in total. The number of aromatic nitrogens is 3. The monoisotopic (exact) mass is 387 g/mol. The third-order valence-electron chi connectivity index (χ3n) is 3.81. The molecule has 0 spiro atoms. The minimum Gasteiger partial charge on any atom is -0.454 e. The molecule has 0 saturated heterocycles. The lowest BCUT2D eigenvalue weighted by Crippen LogP contribution is -2.13. The highest BCUT2D eigenvalue weighted by atomic mass is 35.5. The standard InChI is InChI=1S/C16H10ClN5O5/c17-10-4-14-15(27-8-26-14)5-11(10)20-16(23)9-1-2-12(13(3-9)22(24)25)21-7-18-6-19-21/h1-7H,8H2,(H,20,23). The Morgan fingerprint density at radius 3 is 2.74 bits per heavy atom. The summed E-state index contributed by atoms with van der Waals surface area (Å²) >= 11 is 6.14. The second-order valence-electron chi connectivity index (χ2n) is 5.44. The molecule has 0 saturated carbocycles. The number of ether oxygens (including phenoxy) is 2. The number of nitro benzene ring substituents is 1. The molecule has 0 aliphatic carbocycles. The number of carbonyl (C=O) groups is 1. The van der Waals surface area contributed by atoms with Crippen LogP contribution in [0.15, 0.2) is 43.0 Å². The van der Waals surface area contributed by atoms with Gasteiger partial charge in [0.1, 0.15) is 18.3 Å². The van der Waals surface area contributed by atoms with Crippen LogP contribution >= 0.6 is 11.6 Å². The van der Waals surface area contributed by atoms with Crippen LogP contribution in [0, 0.1) is 10.1 Å². The number of fused-ring (bicyclic) bond motifs is 1. The molecule has 136 valence electrons. The number of benzene rings is 2. The number of halogens is 1. The van der Waals surface area contributed by atoms with E-state index in [2.05, 4.69) is 15.4 Å². The van der Waals surface area contributed by atoms with Crippen LogP contribution in [0.1, 0.15) is 10.4 Å². The molecule has 2 heterocycles. The summed E-state index contributed by atoms with van der Waals surface area (Å²) < 4.78 is 11.7. The second-order valence-corrected chi connectivity index (χ2v) is 5.85. The number of nitrogens with one attached hydrogen (secondary N) is 1. The van der Waals surface area contributed by atoms with Gasteiger partial charge in [0.25, 0.3) is 11.6 Å². The summed E-state index contributed by atoms with van der Waals surface area (Å²) in [7, 11) is 0. The summed E-state index contributed by atoms with van der Waals surface area (Å²) in [5.41, 5.74) is 0.285. The predicted octanol–water partition coefficient (Wildman–Crippen LogP) is 2.81. The van der Waals surface area contributed by atoms with Gasteiger partial charge in [-0.2, -0.15) is 5.10 Å². The summed E-state index contributed by atoms with van der Waals surface area (Å²) in [5, 5.41) is 18.1. The molecule has 0 unspecified atom stereocenters. The van der Waals surface area contributed by atoms with Gasteiger partial charge in [-0.05, 0) is 12.1 Å². The van der Waals surface area contributed by atoms with E-state index in [9.17, 15) is 14.9 Å². The van der Waals surface area contributed by atoms with Crippen LogP contribution in [-0.4, -0.2) is 32.4 Å². The minimum absolute atomic E-state index is 0.0685. The van der Waals surface area contributed by atoms with Gasteiger partial charge < -0.3 is 14.8 Å². The van der Waals surface area contributed by atoms with Crippen molar-refractivity contribution in [2.24, 2.45) is 0 Å². The van der Waals surface area contributed by atoms with E-state index in [1.54, 1.807) is 0 Å². The summed E-state index contributed by atoms with van der Waals surface area (Å²) in [5.74, 6) is 0.358. The van der Waals surface area contributed by atoms with Crippen LogP contribution in [0.3, 0.4) is 0 Å². The fraction of sp³-hybridized carbons (Fsp3) is 0.0625. The molecule has 1 amide bonds. The van der Waals surface area contributed by atoms with Gasteiger partial charge in [0.05, 0.1) is 15.6 Å². The van der Waals surface area contributed by atoms with Crippen molar-refractivity contribution >= 4 is 28.9 Å². The van der Waals surface area contributed by atoms with Gasteiger partial charge >= 0.3 is 0 Å². The molecule has 2 aromatic carbocycles. The lowest BCUT2D eigenvalue weighted by Gasteiger charge is -2.09. The van der Waals surface area contributed by atoms with Gasteiger partial charge in [0, 0.05) is 23.8 Å². The van der Waals surface area contributed by atoms with E-state index in [1.165, 1.54) is 41.6 Å². The van der Waals surface area contributed by atoms with Gasteiger partial charge in [-0.3, -0.25) is 14.9 Å². The van der Waals surface area contributed by atoms with E-state index in [4.69, 9.17) is 21.1 Å². The predicted molar refractivity (Wildman–Crippen MR) is 93.5 cm³/mol. The summed E-state index contributed by atoms with van der Waals surface area (Å²) in [4.78, 5) is 27.1. The zero-order valence-electron chi connectivity index (χ0n) is 13.5. The van der Waals surface area contributed by atoms with Gasteiger partial charge in [-0.25, -0.2) is 9.67 Å². The third-order valence-corrected chi connectivity index (χ3v) is 4.12. The van der Waals surface area contributed by atoms with Crippen LogP contribution in [-0.2, 0) is 0 Å². The Hall–Kier alpha value is -3.66. The number of carbonyl (C=O) groups excluding carboxylic acids is 1. The zero-order valence-corrected chi connectivity index (χ0v) is 14.2. The average Bonchev–Trinajstić information content (AvgIpc) is 3.33. The maximum Gasteiger partial charge on any atom is 0.295 e. The number of hydrogen-bond donors (Lipinski definition) is 1. The molecule has 0 radical (unpaired) electrons. The van der Waals surface area contributed by atoms with Crippen molar-refractivity contribution in [1.29, 1.82) is 0 Å². The number of rotatable bonds is 4. The van der Waals surface area contributed by atoms with Crippen LogP contribution < -0.4 is 14.8 Å². The number of nitrogens with zero attached hydrogens (tertiary/aromatic N) is 4. The summed E-state index contributed by atoms with van der Waals surface area (Å²) in [6.45, 7) is 0.0685. The first-order valence-corrected chi connectivity index (χ1v) is 7.94. The summed E-state index contributed by atoms with van der Waals surface area (Å²) in [6.07, 6.45) is 2.58. The van der Waals surface area contributed by atoms with E-state index in [-0.39, 0.29) is 28.8 Å². The van der Waals surface area contributed by atoms with Crippen molar-refractivity contribution in [2.45, 2.75) is 0 Å². The Labute approximate surface area is 156 Å². The zero-order chi connectivity index (χ0) is 19.0. The van der Waals surface area contributed by atoms with E-state index in [1.807, 2.05) is 0 Å². The van der Waals surface area contributed by atoms with Gasteiger partial charge in [-0.1, -0.05) is 11.6 Å². The van der Waals surface area contributed by atoms with Crippen molar-refractivity contribution in [3.63, 3.8) is 0 Å². The molecule has 3 aromatic rings. The lowest BCUT2D eigenvalue weighted by atomic mass is 10.1. The number of hydrogen-bond acceptors (Lipinski definition) is 7.